The third-order valence-corrected chi connectivity index (χ3v) is 2.51. The van der Waals surface area contributed by atoms with Gasteiger partial charge in [0, 0.05) is 30.3 Å². The number of nitrogens with zero attached hydrogens (tertiary/aromatic N) is 4. The van der Waals surface area contributed by atoms with Crippen LogP contribution in [0, 0.1) is 0 Å². The summed E-state index contributed by atoms with van der Waals surface area (Å²) in [6, 6.07) is 1.82. The Labute approximate surface area is 107 Å². The van der Waals surface area contributed by atoms with Crippen LogP contribution in [0.3, 0.4) is 0 Å². The van der Waals surface area contributed by atoms with Crippen molar-refractivity contribution in [2.75, 3.05) is 0 Å². The Morgan fingerprint density at radius 2 is 1.83 bits per heavy atom. The van der Waals surface area contributed by atoms with Gasteiger partial charge in [-0.3, -0.25) is 0 Å². The van der Waals surface area contributed by atoms with Crippen LogP contribution in [0.15, 0.2) is 30.9 Å². The third-order valence-electron chi connectivity index (χ3n) is 2.51. The lowest BCUT2D eigenvalue weighted by Crippen LogP contribution is -2.36. The second-order valence-electron chi connectivity index (χ2n) is 5.24. The molecule has 0 bridgehead atoms. The molecule has 2 rings (SSSR count). The first-order valence-corrected chi connectivity index (χ1v) is 6.05. The van der Waals surface area contributed by atoms with Crippen LogP contribution in [-0.2, 0) is 13.1 Å². The maximum Gasteiger partial charge on any atom is 0.147 e. The lowest BCUT2D eigenvalue weighted by Gasteiger charge is -2.20. The first kappa shape index (κ1) is 12.7. The fourth-order valence-electron chi connectivity index (χ4n) is 1.56. The van der Waals surface area contributed by atoms with E-state index in [2.05, 4.69) is 45.6 Å². The van der Waals surface area contributed by atoms with Crippen molar-refractivity contribution in [1.82, 2.24) is 24.8 Å². The average Bonchev–Trinajstić information content (AvgIpc) is 2.74. The normalized spacial score (nSPS) is 11.7. The molecule has 96 valence electrons. The van der Waals surface area contributed by atoms with E-state index in [0.717, 1.165) is 18.2 Å². The molecule has 0 radical (unpaired) electrons. The third kappa shape index (κ3) is 3.63. The summed E-state index contributed by atoms with van der Waals surface area (Å²) in [5, 5.41) is 3.43. The average molecular weight is 245 g/mol. The minimum absolute atomic E-state index is 0.0834. The van der Waals surface area contributed by atoms with Crippen LogP contribution in [0.2, 0.25) is 0 Å². The zero-order chi connectivity index (χ0) is 13.0. The summed E-state index contributed by atoms with van der Waals surface area (Å²) in [6.45, 7) is 7.81. The van der Waals surface area contributed by atoms with Gasteiger partial charge >= 0.3 is 0 Å². The van der Waals surface area contributed by atoms with Gasteiger partial charge in [0.15, 0.2) is 0 Å². The molecule has 0 aromatic carbocycles. The lowest BCUT2D eigenvalue weighted by molar-refractivity contribution is 0.412. The van der Waals surface area contributed by atoms with Gasteiger partial charge in [0.25, 0.3) is 0 Å². The second kappa shape index (κ2) is 5.27. The van der Waals surface area contributed by atoms with Gasteiger partial charge in [0.05, 0.1) is 13.1 Å². The highest BCUT2D eigenvalue weighted by atomic mass is 15.1. The smallest absolute Gasteiger partial charge is 0.147 e. The van der Waals surface area contributed by atoms with Crippen LogP contribution in [-0.4, -0.2) is 25.1 Å². The number of nitrogens with one attached hydrogen (secondary N) is 1. The first-order chi connectivity index (χ1) is 8.54. The van der Waals surface area contributed by atoms with Crippen molar-refractivity contribution >= 4 is 0 Å². The van der Waals surface area contributed by atoms with Gasteiger partial charge in [-0.25, -0.2) is 15.0 Å². The van der Waals surface area contributed by atoms with Crippen LogP contribution in [0.25, 0.3) is 0 Å². The molecule has 1 N–H and O–H groups in total. The van der Waals surface area contributed by atoms with Gasteiger partial charge in [-0.1, -0.05) is 0 Å². The summed E-state index contributed by atoms with van der Waals surface area (Å²) in [4.78, 5) is 12.8. The van der Waals surface area contributed by atoms with Crippen LogP contribution < -0.4 is 5.32 Å². The Kier molecular flexibility index (Phi) is 3.72. The van der Waals surface area contributed by atoms with Crippen molar-refractivity contribution in [2.45, 2.75) is 39.4 Å². The monoisotopic (exact) mass is 245 g/mol. The molecule has 0 aliphatic heterocycles. The van der Waals surface area contributed by atoms with Gasteiger partial charge < -0.3 is 9.88 Å². The number of imidazole rings is 1. The molecular weight excluding hydrogens is 226 g/mol. The van der Waals surface area contributed by atoms with Crippen molar-refractivity contribution in [3.05, 3.63) is 42.5 Å². The van der Waals surface area contributed by atoms with E-state index in [0.29, 0.717) is 6.54 Å². The van der Waals surface area contributed by atoms with E-state index in [1.165, 1.54) is 0 Å². The molecule has 0 amide bonds. The molecule has 5 nitrogen and oxygen atoms in total. The topological polar surface area (TPSA) is 55.6 Å². The molecule has 0 spiro atoms. The van der Waals surface area contributed by atoms with E-state index in [9.17, 15) is 0 Å². The highest BCUT2D eigenvalue weighted by molar-refractivity contribution is 4.98. The van der Waals surface area contributed by atoms with Gasteiger partial charge in [-0.15, -0.1) is 0 Å². The summed E-state index contributed by atoms with van der Waals surface area (Å²) in [6.07, 6.45) is 7.28. The number of hydrogen-bond acceptors (Lipinski definition) is 4. The highest BCUT2D eigenvalue weighted by Gasteiger charge is 2.11. The largest absolute Gasteiger partial charge is 0.326 e. The molecule has 2 aromatic heterocycles. The van der Waals surface area contributed by atoms with E-state index in [4.69, 9.17) is 0 Å². The van der Waals surface area contributed by atoms with Crippen LogP contribution >= 0.6 is 0 Å². The second-order valence-corrected chi connectivity index (χ2v) is 5.24. The molecule has 0 aliphatic carbocycles. The van der Waals surface area contributed by atoms with Gasteiger partial charge in [-0.05, 0) is 26.8 Å². The zero-order valence-electron chi connectivity index (χ0n) is 11.1. The minimum Gasteiger partial charge on any atom is -0.326 e. The van der Waals surface area contributed by atoms with Gasteiger partial charge in [0.1, 0.15) is 11.6 Å². The van der Waals surface area contributed by atoms with E-state index in [1.807, 2.05) is 18.5 Å². The zero-order valence-corrected chi connectivity index (χ0v) is 11.1. The molecule has 0 atom stereocenters. The molecule has 0 saturated heterocycles. The minimum atomic E-state index is 0.0834. The molecule has 18 heavy (non-hydrogen) atoms. The number of rotatable bonds is 4. The van der Waals surface area contributed by atoms with E-state index in [1.54, 1.807) is 12.4 Å². The Bertz CT molecular complexity index is 484. The van der Waals surface area contributed by atoms with E-state index in [-0.39, 0.29) is 5.54 Å². The first-order valence-electron chi connectivity index (χ1n) is 6.05. The maximum absolute atomic E-state index is 4.36. The molecule has 2 aromatic rings. The van der Waals surface area contributed by atoms with Crippen molar-refractivity contribution in [1.29, 1.82) is 0 Å². The van der Waals surface area contributed by atoms with Gasteiger partial charge in [-0.2, -0.15) is 0 Å². The van der Waals surface area contributed by atoms with Crippen LogP contribution in [0.1, 0.15) is 32.4 Å². The molecule has 0 aliphatic rings. The Hall–Kier alpha value is -1.75. The summed E-state index contributed by atoms with van der Waals surface area (Å²) in [5.74, 6) is 1.80. The van der Waals surface area contributed by atoms with Crippen molar-refractivity contribution < 1.29 is 0 Å². The lowest BCUT2D eigenvalue weighted by atomic mass is 10.1. The SMILES string of the molecule is CC(C)(C)NCc1nccn1Cc1ncccn1. The van der Waals surface area contributed by atoms with Crippen LogP contribution in [0.5, 0.6) is 0 Å². The number of hydrogen-bond donors (Lipinski definition) is 1. The molecule has 5 heteroatoms. The van der Waals surface area contributed by atoms with Crippen molar-refractivity contribution in [3.63, 3.8) is 0 Å². The Balaban J connectivity index is 2.04. The van der Waals surface area contributed by atoms with Crippen molar-refractivity contribution in [3.8, 4) is 0 Å². The van der Waals surface area contributed by atoms with E-state index >= 15 is 0 Å². The highest BCUT2D eigenvalue weighted by Crippen LogP contribution is 2.04. The molecule has 0 fully saturated rings. The quantitative estimate of drug-likeness (QED) is 0.889. The standard InChI is InChI=1S/C13H19N5/c1-13(2,3)17-9-12-16-7-8-18(12)10-11-14-5-4-6-15-11/h4-8,17H,9-10H2,1-3H3. The molecule has 2 heterocycles. The fourth-order valence-corrected chi connectivity index (χ4v) is 1.56. The fraction of sp³-hybridized carbons (Fsp3) is 0.462. The molecular formula is C13H19N5. The molecule has 0 saturated carbocycles. The summed E-state index contributed by atoms with van der Waals surface area (Å²) in [7, 11) is 0. The summed E-state index contributed by atoms with van der Waals surface area (Å²) < 4.78 is 2.06. The molecule has 0 unspecified atom stereocenters. The van der Waals surface area contributed by atoms with E-state index < -0.39 is 0 Å². The summed E-state index contributed by atoms with van der Waals surface area (Å²) >= 11 is 0. The van der Waals surface area contributed by atoms with Crippen molar-refractivity contribution in [2.24, 2.45) is 0 Å². The predicted molar refractivity (Wildman–Crippen MR) is 70.0 cm³/mol. The Morgan fingerprint density at radius 3 is 2.50 bits per heavy atom. The predicted octanol–water partition coefficient (Wildman–Crippen LogP) is 1.61. The Morgan fingerprint density at radius 1 is 1.11 bits per heavy atom. The number of aromatic nitrogens is 4. The van der Waals surface area contributed by atoms with Crippen LogP contribution in [0.4, 0.5) is 0 Å². The maximum atomic E-state index is 4.36. The summed E-state index contributed by atoms with van der Waals surface area (Å²) in [5.41, 5.74) is 0.0834. The van der Waals surface area contributed by atoms with Gasteiger partial charge in [0.2, 0.25) is 0 Å².